The number of carbonyl (C=O) groups is 1. The summed E-state index contributed by atoms with van der Waals surface area (Å²) in [7, 11) is 0. The number of rotatable bonds is 9. The number of esters is 1. The van der Waals surface area contributed by atoms with Crippen molar-refractivity contribution in [2.45, 2.75) is 91.0 Å². The zero-order chi connectivity index (χ0) is 20.0. The van der Waals surface area contributed by atoms with Gasteiger partial charge in [-0.2, -0.15) is 0 Å². The van der Waals surface area contributed by atoms with Crippen LogP contribution in [0.1, 0.15) is 72.6 Å². The van der Waals surface area contributed by atoms with E-state index in [4.69, 9.17) is 4.74 Å². The van der Waals surface area contributed by atoms with Gasteiger partial charge in [-0.1, -0.05) is 45.9 Å². The van der Waals surface area contributed by atoms with Crippen LogP contribution in [-0.2, 0) is 9.53 Å². The molecule has 2 N–H and O–H groups in total. The number of ether oxygens (including phenoxy) is 1. The first-order valence-corrected chi connectivity index (χ1v) is 10.8. The van der Waals surface area contributed by atoms with E-state index in [-0.39, 0.29) is 23.9 Å². The van der Waals surface area contributed by atoms with Gasteiger partial charge in [-0.3, -0.25) is 4.79 Å². The van der Waals surface area contributed by atoms with Crippen LogP contribution in [0.15, 0.2) is 23.8 Å². The fourth-order valence-electron chi connectivity index (χ4n) is 4.37. The quantitative estimate of drug-likeness (QED) is 0.583. The predicted octanol–water partition coefficient (Wildman–Crippen LogP) is 4.40. The predicted molar refractivity (Wildman–Crippen MR) is 108 cm³/mol. The van der Waals surface area contributed by atoms with Gasteiger partial charge in [0.15, 0.2) is 0 Å². The van der Waals surface area contributed by atoms with E-state index in [1.54, 1.807) is 0 Å². The fourth-order valence-corrected chi connectivity index (χ4v) is 4.37. The monoisotopic (exact) mass is 378 g/mol. The number of aliphatic hydroxyl groups is 2. The van der Waals surface area contributed by atoms with E-state index in [1.807, 2.05) is 20.8 Å². The number of allylic oxidation sites excluding steroid dienone is 3. The van der Waals surface area contributed by atoms with Crippen molar-refractivity contribution in [1.82, 2.24) is 0 Å². The van der Waals surface area contributed by atoms with Crippen LogP contribution >= 0.6 is 0 Å². The lowest BCUT2D eigenvalue weighted by atomic mass is 9.66. The lowest BCUT2D eigenvalue weighted by Crippen LogP contribution is -2.40. The smallest absolute Gasteiger partial charge is 0.308 e. The Morgan fingerprint density at radius 3 is 2.67 bits per heavy atom. The second kappa shape index (κ2) is 10.4. The van der Waals surface area contributed by atoms with Crippen molar-refractivity contribution in [3.63, 3.8) is 0 Å². The van der Waals surface area contributed by atoms with Gasteiger partial charge in [-0.25, -0.2) is 0 Å². The van der Waals surface area contributed by atoms with E-state index in [0.29, 0.717) is 31.1 Å². The average Bonchev–Trinajstić information content (AvgIpc) is 2.66. The van der Waals surface area contributed by atoms with Gasteiger partial charge in [0.2, 0.25) is 0 Å². The minimum atomic E-state index is -0.477. The summed E-state index contributed by atoms with van der Waals surface area (Å²) >= 11 is 0. The molecule has 0 aliphatic heterocycles. The van der Waals surface area contributed by atoms with Gasteiger partial charge in [-0.15, -0.1) is 0 Å². The Morgan fingerprint density at radius 2 is 2.00 bits per heavy atom. The molecule has 4 heteroatoms. The second-order valence-electron chi connectivity index (χ2n) is 8.50. The SMILES string of the molecule is CCC(O)CC(O)CCC1C(C)C=CC2=CCCC(OC(=O)C(C)CC)C21. The maximum atomic E-state index is 12.4. The second-order valence-corrected chi connectivity index (χ2v) is 8.50. The fraction of sp³-hybridized carbons (Fsp3) is 0.783. The summed E-state index contributed by atoms with van der Waals surface area (Å²) < 4.78 is 5.96. The van der Waals surface area contributed by atoms with Crippen LogP contribution in [0.25, 0.3) is 0 Å². The van der Waals surface area contributed by atoms with Crippen LogP contribution in [0.2, 0.25) is 0 Å². The molecule has 2 aliphatic carbocycles. The van der Waals surface area contributed by atoms with Crippen LogP contribution in [-0.4, -0.2) is 34.5 Å². The summed E-state index contributed by atoms with van der Waals surface area (Å²) in [5, 5.41) is 20.1. The molecule has 2 rings (SSSR count). The molecule has 0 radical (unpaired) electrons. The van der Waals surface area contributed by atoms with E-state index in [9.17, 15) is 15.0 Å². The summed E-state index contributed by atoms with van der Waals surface area (Å²) in [6.45, 7) is 8.09. The normalized spacial score (nSPS) is 30.8. The molecule has 0 aromatic heterocycles. The molecule has 0 bridgehead atoms. The third-order valence-electron chi connectivity index (χ3n) is 6.48. The number of carbonyl (C=O) groups excluding carboxylic acids is 1. The summed E-state index contributed by atoms with van der Waals surface area (Å²) in [5.74, 6) is 0.806. The molecule has 0 spiro atoms. The highest BCUT2D eigenvalue weighted by atomic mass is 16.5. The van der Waals surface area contributed by atoms with Crippen LogP contribution in [0, 0.1) is 23.7 Å². The molecule has 0 aromatic carbocycles. The first-order valence-electron chi connectivity index (χ1n) is 10.8. The summed E-state index contributed by atoms with van der Waals surface area (Å²) in [4.78, 5) is 12.4. The van der Waals surface area contributed by atoms with Crippen molar-refractivity contribution >= 4 is 5.97 Å². The molecule has 2 aliphatic rings. The van der Waals surface area contributed by atoms with Crippen molar-refractivity contribution < 1.29 is 19.7 Å². The molecule has 7 unspecified atom stereocenters. The van der Waals surface area contributed by atoms with Gasteiger partial charge in [-0.05, 0) is 62.4 Å². The molecule has 7 atom stereocenters. The van der Waals surface area contributed by atoms with E-state index in [1.165, 1.54) is 5.57 Å². The van der Waals surface area contributed by atoms with Gasteiger partial charge in [0.25, 0.3) is 0 Å². The Kier molecular flexibility index (Phi) is 8.56. The highest BCUT2D eigenvalue weighted by molar-refractivity contribution is 5.72. The van der Waals surface area contributed by atoms with Crippen molar-refractivity contribution in [2.75, 3.05) is 0 Å². The third kappa shape index (κ3) is 5.92. The summed E-state index contributed by atoms with van der Waals surface area (Å²) in [6.07, 6.45) is 11.0. The van der Waals surface area contributed by atoms with E-state index in [2.05, 4.69) is 25.2 Å². The zero-order valence-electron chi connectivity index (χ0n) is 17.4. The van der Waals surface area contributed by atoms with Gasteiger partial charge < -0.3 is 14.9 Å². The summed E-state index contributed by atoms with van der Waals surface area (Å²) in [6, 6.07) is 0. The molecule has 0 saturated carbocycles. The molecular weight excluding hydrogens is 340 g/mol. The maximum Gasteiger partial charge on any atom is 0.308 e. The Hall–Kier alpha value is -1.13. The maximum absolute atomic E-state index is 12.4. The lowest BCUT2D eigenvalue weighted by Gasteiger charge is -2.42. The van der Waals surface area contributed by atoms with Crippen molar-refractivity contribution in [3.8, 4) is 0 Å². The Bertz CT molecular complexity index is 538. The Labute approximate surface area is 164 Å². The first-order chi connectivity index (χ1) is 12.9. The molecule has 0 heterocycles. The Balaban J connectivity index is 2.07. The van der Waals surface area contributed by atoms with Crippen molar-refractivity contribution in [1.29, 1.82) is 0 Å². The minimum Gasteiger partial charge on any atom is -0.461 e. The van der Waals surface area contributed by atoms with Gasteiger partial charge in [0, 0.05) is 5.92 Å². The standard InChI is InChI=1S/C23H38O4/c1-5-15(3)23(26)27-21-9-7-8-17-11-10-16(4)20(22(17)21)13-12-19(25)14-18(24)6-2/h8,10-11,15-16,18-22,24-25H,5-7,9,12-14H2,1-4H3. The highest BCUT2D eigenvalue weighted by Gasteiger charge is 2.40. The lowest BCUT2D eigenvalue weighted by molar-refractivity contribution is -0.157. The first kappa shape index (κ1) is 22.2. The van der Waals surface area contributed by atoms with Crippen LogP contribution < -0.4 is 0 Å². The number of fused-ring (bicyclic) bond motifs is 1. The highest BCUT2D eigenvalue weighted by Crippen LogP contribution is 2.44. The number of aliphatic hydroxyl groups excluding tert-OH is 2. The number of hydrogen-bond donors (Lipinski definition) is 2. The minimum absolute atomic E-state index is 0.0632. The summed E-state index contributed by atoms with van der Waals surface area (Å²) in [5.41, 5.74) is 1.29. The van der Waals surface area contributed by atoms with Crippen LogP contribution in [0.5, 0.6) is 0 Å². The average molecular weight is 379 g/mol. The van der Waals surface area contributed by atoms with Crippen molar-refractivity contribution in [2.24, 2.45) is 23.7 Å². The zero-order valence-corrected chi connectivity index (χ0v) is 17.4. The molecular formula is C23H38O4. The van der Waals surface area contributed by atoms with Crippen LogP contribution in [0.4, 0.5) is 0 Å². The topological polar surface area (TPSA) is 66.8 Å². The molecule has 4 nitrogen and oxygen atoms in total. The van der Waals surface area contributed by atoms with Crippen LogP contribution in [0.3, 0.4) is 0 Å². The number of hydrogen-bond acceptors (Lipinski definition) is 4. The van der Waals surface area contributed by atoms with Crippen molar-refractivity contribution in [3.05, 3.63) is 23.8 Å². The van der Waals surface area contributed by atoms with Gasteiger partial charge in [0.1, 0.15) is 6.10 Å². The largest absolute Gasteiger partial charge is 0.461 e. The Morgan fingerprint density at radius 1 is 1.26 bits per heavy atom. The molecule has 154 valence electrons. The molecule has 27 heavy (non-hydrogen) atoms. The molecule has 0 saturated heterocycles. The molecule has 0 amide bonds. The third-order valence-corrected chi connectivity index (χ3v) is 6.48. The van der Waals surface area contributed by atoms with Gasteiger partial charge in [0.05, 0.1) is 18.1 Å². The molecule has 0 aromatic rings. The van der Waals surface area contributed by atoms with E-state index >= 15 is 0 Å². The molecule has 0 fully saturated rings. The van der Waals surface area contributed by atoms with E-state index < -0.39 is 12.2 Å². The van der Waals surface area contributed by atoms with E-state index in [0.717, 1.165) is 25.7 Å². The van der Waals surface area contributed by atoms with Gasteiger partial charge >= 0.3 is 5.97 Å².